The van der Waals surface area contributed by atoms with Crippen molar-refractivity contribution in [3.05, 3.63) is 54.1 Å². The first kappa shape index (κ1) is 17.0. The fourth-order valence-electron chi connectivity index (χ4n) is 3.97. The van der Waals surface area contributed by atoms with E-state index in [1.807, 2.05) is 35.2 Å². The maximum absolute atomic E-state index is 12.5. The van der Waals surface area contributed by atoms with E-state index in [1.165, 1.54) is 5.57 Å². The van der Waals surface area contributed by atoms with Crippen LogP contribution in [0.3, 0.4) is 0 Å². The summed E-state index contributed by atoms with van der Waals surface area (Å²) in [6.45, 7) is 8.25. The number of piperidine rings is 1. The highest BCUT2D eigenvalue weighted by Gasteiger charge is 2.45. The highest BCUT2D eigenvalue weighted by molar-refractivity contribution is 5.96. The van der Waals surface area contributed by atoms with Crippen LogP contribution in [-0.4, -0.2) is 37.0 Å². The Kier molecular flexibility index (Phi) is 5.20. The number of nitrogens with zero attached hydrogens (tertiary/aromatic N) is 2. The molecule has 24 heavy (non-hydrogen) atoms. The third-order valence-electron chi connectivity index (χ3n) is 5.46. The Labute approximate surface area is 145 Å². The Bertz CT molecular complexity index is 624. The average molecular weight is 324 g/mol. The number of amides is 1. The van der Waals surface area contributed by atoms with Gasteiger partial charge in [0.15, 0.2) is 0 Å². The van der Waals surface area contributed by atoms with E-state index in [1.54, 1.807) is 0 Å². The van der Waals surface area contributed by atoms with E-state index in [9.17, 15) is 4.79 Å². The van der Waals surface area contributed by atoms with E-state index >= 15 is 0 Å². The smallest absolute Gasteiger partial charge is 0.227 e. The van der Waals surface area contributed by atoms with Crippen molar-refractivity contribution < 1.29 is 4.79 Å². The second-order valence-electron chi connectivity index (χ2n) is 7.13. The SMILES string of the molecule is C/C=C\C(=C/C)CN1CCC2(CC1)CC(=O)N(c1ccccc1)C2. The van der Waals surface area contributed by atoms with Crippen molar-refractivity contribution >= 4 is 11.6 Å². The van der Waals surface area contributed by atoms with Crippen LogP contribution >= 0.6 is 0 Å². The molecule has 3 heteroatoms. The molecule has 1 spiro atoms. The Morgan fingerprint density at radius 3 is 2.50 bits per heavy atom. The molecular formula is C21H28N2O. The Morgan fingerprint density at radius 1 is 1.17 bits per heavy atom. The van der Waals surface area contributed by atoms with Crippen molar-refractivity contribution in [1.82, 2.24) is 4.90 Å². The minimum absolute atomic E-state index is 0.181. The summed E-state index contributed by atoms with van der Waals surface area (Å²) < 4.78 is 0. The first-order valence-electron chi connectivity index (χ1n) is 9.01. The molecule has 0 radical (unpaired) electrons. The zero-order valence-corrected chi connectivity index (χ0v) is 14.9. The van der Waals surface area contributed by atoms with Gasteiger partial charge in [0.2, 0.25) is 5.91 Å². The number of rotatable bonds is 4. The lowest BCUT2D eigenvalue weighted by Crippen LogP contribution is -2.42. The number of benzene rings is 1. The van der Waals surface area contributed by atoms with Gasteiger partial charge in [0.05, 0.1) is 0 Å². The molecule has 0 saturated carbocycles. The van der Waals surface area contributed by atoms with Crippen LogP contribution in [0.15, 0.2) is 54.1 Å². The minimum atomic E-state index is 0.181. The molecule has 2 aliphatic rings. The van der Waals surface area contributed by atoms with E-state index in [-0.39, 0.29) is 11.3 Å². The molecule has 2 saturated heterocycles. The lowest BCUT2D eigenvalue weighted by atomic mass is 9.77. The lowest BCUT2D eigenvalue weighted by molar-refractivity contribution is -0.118. The van der Waals surface area contributed by atoms with Crippen LogP contribution in [0.1, 0.15) is 33.1 Å². The fourth-order valence-corrected chi connectivity index (χ4v) is 3.97. The number of carbonyl (C=O) groups excluding carboxylic acids is 1. The Hall–Kier alpha value is -1.87. The van der Waals surface area contributed by atoms with Gasteiger partial charge in [-0.1, -0.05) is 36.4 Å². The van der Waals surface area contributed by atoms with Crippen LogP contribution in [-0.2, 0) is 4.79 Å². The normalized spacial score (nSPS) is 22.0. The molecule has 3 nitrogen and oxygen atoms in total. The van der Waals surface area contributed by atoms with Crippen LogP contribution in [0.2, 0.25) is 0 Å². The third-order valence-corrected chi connectivity index (χ3v) is 5.46. The molecule has 1 amide bonds. The van der Waals surface area contributed by atoms with E-state index in [0.29, 0.717) is 6.42 Å². The molecule has 1 aromatic rings. The monoisotopic (exact) mass is 324 g/mol. The minimum Gasteiger partial charge on any atom is -0.312 e. The van der Waals surface area contributed by atoms with Gasteiger partial charge in [0, 0.05) is 25.2 Å². The highest BCUT2D eigenvalue weighted by Crippen LogP contribution is 2.42. The summed E-state index contributed by atoms with van der Waals surface area (Å²) in [6, 6.07) is 10.1. The van der Waals surface area contributed by atoms with Gasteiger partial charge in [-0.15, -0.1) is 0 Å². The van der Waals surface area contributed by atoms with Crippen molar-refractivity contribution in [2.75, 3.05) is 31.1 Å². The second-order valence-corrected chi connectivity index (χ2v) is 7.13. The van der Waals surface area contributed by atoms with Crippen LogP contribution in [0.5, 0.6) is 0 Å². The Balaban J connectivity index is 1.61. The molecule has 1 aromatic carbocycles. The fraction of sp³-hybridized carbons (Fsp3) is 0.476. The first-order chi connectivity index (χ1) is 11.7. The molecule has 3 rings (SSSR count). The van der Waals surface area contributed by atoms with Crippen LogP contribution in [0, 0.1) is 5.41 Å². The number of hydrogen-bond acceptors (Lipinski definition) is 2. The Morgan fingerprint density at radius 2 is 1.88 bits per heavy atom. The van der Waals surface area contributed by atoms with E-state index < -0.39 is 0 Å². The largest absolute Gasteiger partial charge is 0.312 e. The molecule has 0 aromatic heterocycles. The molecule has 128 valence electrons. The van der Waals surface area contributed by atoms with Gasteiger partial charge in [-0.25, -0.2) is 0 Å². The van der Waals surface area contributed by atoms with Crippen LogP contribution in [0.25, 0.3) is 0 Å². The van der Waals surface area contributed by atoms with Gasteiger partial charge in [0.1, 0.15) is 0 Å². The molecular weight excluding hydrogens is 296 g/mol. The summed E-state index contributed by atoms with van der Waals surface area (Å²) in [6.07, 6.45) is 9.44. The summed E-state index contributed by atoms with van der Waals surface area (Å²) in [5.41, 5.74) is 2.60. The van der Waals surface area contributed by atoms with Gasteiger partial charge in [-0.3, -0.25) is 9.69 Å². The highest BCUT2D eigenvalue weighted by atomic mass is 16.2. The molecule has 0 unspecified atom stereocenters. The molecule has 0 atom stereocenters. The maximum atomic E-state index is 12.5. The summed E-state index contributed by atoms with van der Waals surface area (Å²) in [7, 11) is 0. The lowest BCUT2D eigenvalue weighted by Gasteiger charge is -2.39. The maximum Gasteiger partial charge on any atom is 0.227 e. The molecule has 0 bridgehead atoms. The molecule has 0 aliphatic carbocycles. The number of anilines is 1. The van der Waals surface area contributed by atoms with Crippen molar-refractivity contribution in [2.45, 2.75) is 33.1 Å². The van der Waals surface area contributed by atoms with E-state index in [4.69, 9.17) is 0 Å². The van der Waals surface area contributed by atoms with E-state index in [0.717, 1.165) is 44.7 Å². The van der Waals surface area contributed by atoms with Gasteiger partial charge in [-0.05, 0) is 62.9 Å². The summed E-state index contributed by atoms with van der Waals surface area (Å²) >= 11 is 0. The molecule has 2 aliphatic heterocycles. The molecule has 0 N–H and O–H groups in total. The van der Waals surface area contributed by atoms with Gasteiger partial charge in [-0.2, -0.15) is 0 Å². The number of likely N-dealkylation sites (tertiary alicyclic amines) is 1. The number of hydrogen-bond donors (Lipinski definition) is 0. The first-order valence-corrected chi connectivity index (χ1v) is 9.01. The van der Waals surface area contributed by atoms with Gasteiger partial charge >= 0.3 is 0 Å². The van der Waals surface area contributed by atoms with Crippen LogP contribution in [0.4, 0.5) is 5.69 Å². The summed E-state index contributed by atoms with van der Waals surface area (Å²) in [4.78, 5) is 17.0. The number of para-hydroxylation sites is 1. The average Bonchev–Trinajstić information content (AvgIpc) is 2.93. The molecule has 2 heterocycles. The molecule has 2 fully saturated rings. The van der Waals surface area contributed by atoms with Gasteiger partial charge in [0.25, 0.3) is 0 Å². The van der Waals surface area contributed by atoms with Crippen molar-refractivity contribution in [2.24, 2.45) is 5.41 Å². The second kappa shape index (κ2) is 7.35. The third kappa shape index (κ3) is 3.62. The zero-order chi connectivity index (χ0) is 17.0. The quantitative estimate of drug-likeness (QED) is 0.781. The van der Waals surface area contributed by atoms with Crippen molar-refractivity contribution in [1.29, 1.82) is 0 Å². The summed E-state index contributed by atoms with van der Waals surface area (Å²) in [5, 5.41) is 0. The van der Waals surface area contributed by atoms with Crippen LogP contribution < -0.4 is 4.90 Å². The van der Waals surface area contributed by atoms with E-state index in [2.05, 4.69) is 37.0 Å². The predicted molar refractivity (Wildman–Crippen MR) is 100 cm³/mol. The predicted octanol–water partition coefficient (Wildman–Crippen LogP) is 4.03. The standard InChI is InChI=1S/C21H28N2O/c1-3-8-18(4-2)16-22-13-11-21(12-14-22)15-20(24)23(17-21)19-9-6-5-7-10-19/h3-10H,11-17H2,1-2H3/b8-3-,18-4+. The number of carbonyl (C=O) groups is 1. The summed E-state index contributed by atoms with van der Waals surface area (Å²) in [5.74, 6) is 0.290. The number of allylic oxidation sites excluding steroid dienone is 2. The van der Waals surface area contributed by atoms with Gasteiger partial charge < -0.3 is 4.90 Å². The van der Waals surface area contributed by atoms with Crippen molar-refractivity contribution in [3.8, 4) is 0 Å². The zero-order valence-electron chi connectivity index (χ0n) is 14.9. The topological polar surface area (TPSA) is 23.6 Å². The van der Waals surface area contributed by atoms with Crippen molar-refractivity contribution in [3.63, 3.8) is 0 Å².